The number of piperidine rings is 1. The van der Waals surface area contributed by atoms with Gasteiger partial charge in [-0.2, -0.15) is 0 Å². The molecular formula is C22H22ClNO3. The quantitative estimate of drug-likeness (QED) is 0.643. The molecule has 2 heterocycles. The third-order valence-electron chi connectivity index (χ3n) is 5.26. The second kappa shape index (κ2) is 7.37. The Morgan fingerprint density at radius 3 is 2.78 bits per heavy atom. The highest BCUT2D eigenvalue weighted by molar-refractivity contribution is 6.33. The van der Waals surface area contributed by atoms with Crippen LogP contribution in [0, 0.1) is 5.92 Å². The Labute approximate surface area is 163 Å². The number of fused-ring (bicyclic) bond motifs is 1. The average molecular weight is 384 g/mol. The summed E-state index contributed by atoms with van der Waals surface area (Å²) in [5.41, 5.74) is 2.24. The van der Waals surface area contributed by atoms with Crippen LogP contribution in [0.1, 0.15) is 25.3 Å². The van der Waals surface area contributed by atoms with Crippen LogP contribution in [0.15, 0.2) is 51.7 Å². The van der Waals surface area contributed by atoms with Gasteiger partial charge >= 0.3 is 5.63 Å². The second-order valence-electron chi connectivity index (χ2n) is 7.39. The summed E-state index contributed by atoms with van der Waals surface area (Å²) in [6.45, 7) is 4.65. The molecule has 0 aliphatic carbocycles. The number of nitrogens with zero attached hydrogens (tertiary/aromatic N) is 1. The van der Waals surface area contributed by atoms with Gasteiger partial charge in [-0.05, 0) is 42.5 Å². The highest BCUT2D eigenvalue weighted by atomic mass is 35.5. The van der Waals surface area contributed by atoms with E-state index >= 15 is 0 Å². The van der Waals surface area contributed by atoms with Crippen LogP contribution in [0.25, 0.3) is 22.1 Å². The number of phenolic OH excluding ortho intramolecular Hbond substituents is 1. The maximum absolute atomic E-state index is 12.3. The molecule has 4 nitrogen and oxygen atoms in total. The lowest BCUT2D eigenvalue weighted by molar-refractivity contribution is 0.175. The zero-order valence-corrected chi connectivity index (χ0v) is 16.0. The molecule has 1 aliphatic heterocycles. The minimum absolute atomic E-state index is 0.00393. The topological polar surface area (TPSA) is 53.7 Å². The van der Waals surface area contributed by atoms with Crippen molar-refractivity contribution >= 4 is 22.6 Å². The number of hydrogen-bond acceptors (Lipinski definition) is 4. The van der Waals surface area contributed by atoms with Gasteiger partial charge in [-0.15, -0.1) is 0 Å². The first-order valence-corrected chi connectivity index (χ1v) is 9.66. The van der Waals surface area contributed by atoms with Gasteiger partial charge in [0.15, 0.2) is 0 Å². The van der Waals surface area contributed by atoms with E-state index in [2.05, 4.69) is 11.8 Å². The normalized spacial score (nSPS) is 18.1. The van der Waals surface area contributed by atoms with Crippen LogP contribution in [0.4, 0.5) is 0 Å². The minimum atomic E-state index is -0.434. The average Bonchev–Trinajstić information content (AvgIpc) is 2.66. The Balaban J connectivity index is 1.89. The van der Waals surface area contributed by atoms with Crippen LogP contribution in [-0.2, 0) is 6.54 Å². The van der Waals surface area contributed by atoms with Crippen molar-refractivity contribution in [3.05, 3.63) is 63.5 Å². The minimum Gasteiger partial charge on any atom is -0.506 e. The van der Waals surface area contributed by atoms with E-state index in [9.17, 15) is 9.90 Å². The molecular weight excluding hydrogens is 362 g/mol. The summed E-state index contributed by atoms with van der Waals surface area (Å²) >= 11 is 6.35. The highest BCUT2D eigenvalue weighted by Gasteiger charge is 2.22. The smallest absolute Gasteiger partial charge is 0.336 e. The molecule has 27 heavy (non-hydrogen) atoms. The highest BCUT2D eigenvalue weighted by Crippen LogP contribution is 2.39. The Morgan fingerprint density at radius 1 is 1.26 bits per heavy atom. The number of halogens is 1. The Hall–Kier alpha value is -2.30. The molecule has 2 aromatic carbocycles. The summed E-state index contributed by atoms with van der Waals surface area (Å²) in [7, 11) is 0. The molecule has 1 aromatic heterocycles. The lowest BCUT2D eigenvalue weighted by atomic mass is 9.97. The molecule has 0 unspecified atom stereocenters. The molecule has 140 valence electrons. The summed E-state index contributed by atoms with van der Waals surface area (Å²) in [6, 6.07) is 12.8. The number of phenols is 1. The predicted octanol–water partition coefficient (Wildman–Crippen LogP) is 5.05. The molecule has 5 heteroatoms. The lowest BCUT2D eigenvalue weighted by Crippen LogP contribution is -2.33. The number of hydrogen-bond donors (Lipinski definition) is 1. The summed E-state index contributed by atoms with van der Waals surface area (Å²) in [5, 5.41) is 11.6. The number of aromatic hydroxyl groups is 1. The molecule has 0 saturated carbocycles. The largest absolute Gasteiger partial charge is 0.506 e. The molecule has 0 spiro atoms. The van der Waals surface area contributed by atoms with Gasteiger partial charge in [0.2, 0.25) is 0 Å². The first-order valence-electron chi connectivity index (χ1n) is 9.29. The number of likely N-dealkylation sites (tertiary alicyclic amines) is 1. The van der Waals surface area contributed by atoms with E-state index < -0.39 is 5.63 Å². The molecule has 1 saturated heterocycles. The standard InChI is InChI=1S/C22H22ClNO3/c1-14-6-5-9-24(12-14)13-18-21(26)19(23)10-17-16(11-20(25)27-22(17)18)15-7-3-2-4-8-15/h2-4,7-8,10-11,14,26H,5-6,9,12-13H2,1H3/t14-/m1/s1. The molecule has 4 rings (SSSR count). The van der Waals surface area contributed by atoms with Gasteiger partial charge < -0.3 is 9.52 Å². The number of rotatable bonds is 3. The van der Waals surface area contributed by atoms with Gasteiger partial charge in [0, 0.05) is 24.5 Å². The van der Waals surface area contributed by atoms with Crippen LogP contribution in [0.5, 0.6) is 5.75 Å². The van der Waals surface area contributed by atoms with Gasteiger partial charge in [0.1, 0.15) is 11.3 Å². The van der Waals surface area contributed by atoms with E-state index in [1.807, 2.05) is 30.3 Å². The molecule has 0 bridgehead atoms. The summed E-state index contributed by atoms with van der Waals surface area (Å²) in [4.78, 5) is 14.6. The van der Waals surface area contributed by atoms with Crippen molar-refractivity contribution in [2.45, 2.75) is 26.3 Å². The van der Waals surface area contributed by atoms with Crippen LogP contribution >= 0.6 is 11.6 Å². The van der Waals surface area contributed by atoms with Crippen molar-refractivity contribution in [1.29, 1.82) is 0 Å². The maximum Gasteiger partial charge on any atom is 0.336 e. The molecule has 3 aromatic rings. The third kappa shape index (κ3) is 3.60. The van der Waals surface area contributed by atoms with E-state index in [1.54, 1.807) is 6.07 Å². The van der Waals surface area contributed by atoms with E-state index in [0.717, 1.165) is 36.0 Å². The molecule has 1 aliphatic rings. The summed E-state index contributed by atoms with van der Waals surface area (Å²) in [5.74, 6) is 0.606. The fourth-order valence-electron chi connectivity index (χ4n) is 3.97. The van der Waals surface area contributed by atoms with Gasteiger partial charge in [-0.25, -0.2) is 4.79 Å². The van der Waals surface area contributed by atoms with Gasteiger partial charge in [-0.3, -0.25) is 4.90 Å². The Kier molecular flexibility index (Phi) is 4.94. The maximum atomic E-state index is 12.3. The van der Waals surface area contributed by atoms with Crippen LogP contribution < -0.4 is 5.63 Å². The summed E-state index contributed by atoms with van der Waals surface area (Å²) in [6.07, 6.45) is 2.34. The van der Waals surface area contributed by atoms with Crippen LogP contribution in [-0.4, -0.2) is 23.1 Å². The predicted molar refractivity (Wildman–Crippen MR) is 108 cm³/mol. The third-order valence-corrected chi connectivity index (χ3v) is 5.55. The monoisotopic (exact) mass is 383 g/mol. The van der Waals surface area contributed by atoms with Crippen molar-refractivity contribution in [2.75, 3.05) is 13.1 Å². The first kappa shape index (κ1) is 18.1. The van der Waals surface area contributed by atoms with Crippen molar-refractivity contribution < 1.29 is 9.52 Å². The van der Waals surface area contributed by atoms with Gasteiger partial charge in [0.25, 0.3) is 0 Å². The Bertz CT molecular complexity index is 1030. The van der Waals surface area contributed by atoms with E-state index in [-0.39, 0.29) is 10.8 Å². The zero-order valence-electron chi connectivity index (χ0n) is 15.2. The SMILES string of the molecule is C[C@@H]1CCCN(Cc2c(O)c(Cl)cc3c(-c4ccccc4)cc(=O)oc23)C1. The molecule has 1 fully saturated rings. The van der Waals surface area contributed by atoms with Crippen molar-refractivity contribution in [3.63, 3.8) is 0 Å². The second-order valence-corrected chi connectivity index (χ2v) is 7.80. The van der Waals surface area contributed by atoms with E-state index in [4.69, 9.17) is 16.0 Å². The first-order chi connectivity index (χ1) is 13.0. The van der Waals surface area contributed by atoms with Gasteiger partial charge in [0.05, 0.1) is 10.6 Å². The van der Waals surface area contributed by atoms with Crippen molar-refractivity contribution in [1.82, 2.24) is 4.90 Å². The summed E-state index contributed by atoms with van der Waals surface area (Å²) < 4.78 is 5.56. The van der Waals surface area contributed by atoms with Gasteiger partial charge in [-0.1, -0.05) is 48.9 Å². The van der Waals surface area contributed by atoms with E-state index in [1.165, 1.54) is 12.5 Å². The molecule has 0 radical (unpaired) electrons. The van der Waals surface area contributed by atoms with Crippen molar-refractivity contribution in [3.8, 4) is 16.9 Å². The number of benzene rings is 2. The zero-order chi connectivity index (χ0) is 19.0. The van der Waals surface area contributed by atoms with Crippen LogP contribution in [0.2, 0.25) is 5.02 Å². The Morgan fingerprint density at radius 2 is 2.04 bits per heavy atom. The lowest BCUT2D eigenvalue weighted by Gasteiger charge is -2.31. The van der Waals surface area contributed by atoms with E-state index in [0.29, 0.717) is 23.6 Å². The molecule has 1 atom stereocenters. The fourth-order valence-corrected chi connectivity index (χ4v) is 4.20. The fraction of sp³-hybridized carbons (Fsp3) is 0.318. The van der Waals surface area contributed by atoms with Crippen LogP contribution in [0.3, 0.4) is 0 Å². The molecule has 1 N–H and O–H groups in total. The molecule has 0 amide bonds. The van der Waals surface area contributed by atoms with Crippen molar-refractivity contribution in [2.24, 2.45) is 5.92 Å².